The molecule has 0 saturated carbocycles. The first-order valence-corrected chi connectivity index (χ1v) is 7.08. The van der Waals surface area contributed by atoms with Crippen molar-refractivity contribution in [3.8, 4) is 0 Å². The standard InChI is InChI=1S/C16H21FO3/c1-4-20-15(18)14(10(2)3)16(19)8-7-11-9-12(17)5-6-13(11)16/h5-6,9-10,14,19H,4,7-8H2,1-3H3. The fourth-order valence-corrected chi connectivity index (χ4v) is 3.23. The predicted octanol–water partition coefficient (Wildman–Crippen LogP) is 2.79. The molecule has 1 aromatic rings. The highest BCUT2D eigenvalue weighted by atomic mass is 19.1. The molecule has 1 aromatic carbocycles. The van der Waals surface area contributed by atoms with Crippen molar-refractivity contribution in [1.29, 1.82) is 0 Å². The van der Waals surface area contributed by atoms with E-state index in [0.717, 1.165) is 5.56 Å². The van der Waals surface area contributed by atoms with Crippen molar-refractivity contribution in [2.45, 2.75) is 39.2 Å². The molecule has 0 bridgehead atoms. The molecule has 1 aliphatic carbocycles. The van der Waals surface area contributed by atoms with Crippen molar-refractivity contribution in [3.63, 3.8) is 0 Å². The summed E-state index contributed by atoms with van der Waals surface area (Å²) in [5, 5.41) is 11.0. The Balaban J connectivity index is 2.42. The van der Waals surface area contributed by atoms with E-state index in [1.54, 1.807) is 13.0 Å². The molecule has 0 radical (unpaired) electrons. The summed E-state index contributed by atoms with van der Waals surface area (Å²) in [5.74, 6) is -1.39. The molecule has 2 rings (SSSR count). The van der Waals surface area contributed by atoms with Crippen molar-refractivity contribution >= 4 is 5.97 Å². The molecule has 0 fully saturated rings. The first-order chi connectivity index (χ1) is 9.40. The molecular weight excluding hydrogens is 259 g/mol. The topological polar surface area (TPSA) is 46.5 Å². The lowest BCUT2D eigenvalue weighted by molar-refractivity contribution is -0.163. The van der Waals surface area contributed by atoms with Gasteiger partial charge in [-0.05, 0) is 48.9 Å². The number of rotatable bonds is 4. The van der Waals surface area contributed by atoms with Gasteiger partial charge in [-0.25, -0.2) is 4.39 Å². The maximum Gasteiger partial charge on any atom is 0.312 e. The summed E-state index contributed by atoms with van der Waals surface area (Å²) in [7, 11) is 0. The number of hydrogen-bond donors (Lipinski definition) is 1. The van der Waals surface area contributed by atoms with Crippen LogP contribution in [0.1, 0.15) is 38.3 Å². The molecule has 2 unspecified atom stereocenters. The summed E-state index contributed by atoms with van der Waals surface area (Å²) < 4.78 is 18.4. The molecule has 4 heteroatoms. The highest BCUT2D eigenvalue weighted by Crippen LogP contribution is 2.45. The van der Waals surface area contributed by atoms with E-state index in [-0.39, 0.29) is 24.3 Å². The Morgan fingerprint density at radius 2 is 2.20 bits per heavy atom. The summed E-state index contributed by atoms with van der Waals surface area (Å²) in [5.41, 5.74) is 0.178. The smallest absolute Gasteiger partial charge is 0.312 e. The minimum absolute atomic E-state index is 0.0601. The van der Waals surface area contributed by atoms with E-state index in [1.165, 1.54) is 12.1 Å². The number of aliphatic hydroxyl groups is 1. The first kappa shape index (κ1) is 15.0. The molecule has 0 aromatic heterocycles. The number of esters is 1. The molecule has 2 atom stereocenters. The number of hydrogen-bond acceptors (Lipinski definition) is 3. The molecule has 0 saturated heterocycles. The van der Waals surface area contributed by atoms with Gasteiger partial charge in [-0.2, -0.15) is 0 Å². The molecule has 1 N–H and O–H groups in total. The normalized spacial score (nSPS) is 22.7. The van der Waals surface area contributed by atoms with Crippen LogP contribution in [0.15, 0.2) is 18.2 Å². The predicted molar refractivity (Wildman–Crippen MR) is 73.6 cm³/mol. The average molecular weight is 280 g/mol. The zero-order valence-electron chi connectivity index (χ0n) is 12.1. The van der Waals surface area contributed by atoms with Crippen LogP contribution in [-0.2, 0) is 21.6 Å². The quantitative estimate of drug-likeness (QED) is 0.863. The van der Waals surface area contributed by atoms with Gasteiger partial charge in [-0.15, -0.1) is 0 Å². The number of benzene rings is 1. The number of fused-ring (bicyclic) bond motifs is 1. The third-order valence-corrected chi connectivity index (χ3v) is 4.03. The minimum Gasteiger partial charge on any atom is -0.466 e. The van der Waals surface area contributed by atoms with Gasteiger partial charge in [0.15, 0.2) is 0 Å². The van der Waals surface area contributed by atoms with Crippen LogP contribution in [0, 0.1) is 17.7 Å². The molecule has 110 valence electrons. The second-order valence-corrected chi connectivity index (χ2v) is 5.70. The van der Waals surface area contributed by atoms with Gasteiger partial charge >= 0.3 is 5.97 Å². The van der Waals surface area contributed by atoms with Crippen LogP contribution in [-0.4, -0.2) is 17.7 Å². The van der Waals surface area contributed by atoms with Gasteiger partial charge in [0, 0.05) is 0 Å². The number of ether oxygens (including phenoxy) is 1. The van der Waals surface area contributed by atoms with Gasteiger partial charge < -0.3 is 9.84 Å². The van der Waals surface area contributed by atoms with Gasteiger partial charge in [0.25, 0.3) is 0 Å². The van der Waals surface area contributed by atoms with E-state index in [0.29, 0.717) is 18.4 Å². The molecule has 0 spiro atoms. The highest BCUT2D eigenvalue weighted by molar-refractivity contribution is 5.75. The highest BCUT2D eigenvalue weighted by Gasteiger charge is 2.49. The van der Waals surface area contributed by atoms with Crippen molar-refractivity contribution in [3.05, 3.63) is 35.1 Å². The van der Waals surface area contributed by atoms with Crippen LogP contribution in [0.3, 0.4) is 0 Å². The number of carbonyl (C=O) groups excluding carboxylic acids is 1. The third-order valence-electron chi connectivity index (χ3n) is 4.03. The van der Waals surface area contributed by atoms with Crippen molar-refractivity contribution in [1.82, 2.24) is 0 Å². The maximum absolute atomic E-state index is 13.3. The molecule has 3 nitrogen and oxygen atoms in total. The Labute approximate surface area is 118 Å². The number of aryl methyl sites for hydroxylation is 1. The molecule has 0 aliphatic heterocycles. The van der Waals surface area contributed by atoms with Gasteiger partial charge in [0.1, 0.15) is 11.4 Å². The van der Waals surface area contributed by atoms with Gasteiger partial charge in [-0.1, -0.05) is 19.9 Å². The van der Waals surface area contributed by atoms with Crippen molar-refractivity contribution in [2.75, 3.05) is 6.61 Å². The summed E-state index contributed by atoms with van der Waals surface area (Å²) in [6, 6.07) is 4.36. The fraction of sp³-hybridized carbons (Fsp3) is 0.562. The maximum atomic E-state index is 13.3. The Morgan fingerprint density at radius 3 is 2.80 bits per heavy atom. The summed E-state index contributed by atoms with van der Waals surface area (Å²) in [6.07, 6.45) is 1.000. The number of carbonyl (C=O) groups is 1. The van der Waals surface area contributed by atoms with Crippen LogP contribution < -0.4 is 0 Å². The molecule has 20 heavy (non-hydrogen) atoms. The summed E-state index contributed by atoms with van der Waals surface area (Å²) >= 11 is 0. The van der Waals surface area contributed by atoms with E-state index < -0.39 is 11.5 Å². The zero-order chi connectivity index (χ0) is 14.9. The van der Waals surface area contributed by atoms with Crippen LogP contribution in [0.2, 0.25) is 0 Å². The van der Waals surface area contributed by atoms with E-state index in [9.17, 15) is 14.3 Å². The molecular formula is C16H21FO3. The lowest BCUT2D eigenvalue weighted by Gasteiger charge is -2.34. The average Bonchev–Trinajstić information content (AvgIpc) is 2.67. The Morgan fingerprint density at radius 1 is 1.50 bits per heavy atom. The SMILES string of the molecule is CCOC(=O)C(C(C)C)C1(O)CCc2cc(F)ccc21. The van der Waals surface area contributed by atoms with Gasteiger partial charge in [0.05, 0.1) is 12.5 Å². The van der Waals surface area contributed by atoms with Crippen LogP contribution in [0.5, 0.6) is 0 Å². The van der Waals surface area contributed by atoms with E-state index in [2.05, 4.69) is 0 Å². The van der Waals surface area contributed by atoms with Crippen molar-refractivity contribution < 1.29 is 19.0 Å². The Kier molecular flexibility index (Phi) is 4.14. The Hall–Kier alpha value is -1.42. The molecule has 0 heterocycles. The monoisotopic (exact) mass is 280 g/mol. The molecule has 0 amide bonds. The molecule has 1 aliphatic rings. The zero-order valence-corrected chi connectivity index (χ0v) is 12.1. The van der Waals surface area contributed by atoms with E-state index >= 15 is 0 Å². The second-order valence-electron chi connectivity index (χ2n) is 5.70. The van der Waals surface area contributed by atoms with Crippen LogP contribution in [0.4, 0.5) is 4.39 Å². The first-order valence-electron chi connectivity index (χ1n) is 7.08. The van der Waals surface area contributed by atoms with Gasteiger partial charge in [-0.3, -0.25) is 4.79 Å². The van der Waals surface area contributed by atoms with Crippen LogP contribution >= 0.6 is 0 Å². The lowest BCUT2D eigenvalue weighted by Crippen LogP contribution is -2.42. The van der Waals surface area contributed by atoms with Crippen LogP contribution in [0.25, 0.3) is 0 Å². The summed E-state index contributed by atoms with van der Waals surface area (Å²) in [4.78, 5) is 12.2. The van der Waals surface area contributed by atoms with E-state index in [1.807, 2.05) is 13.8 Å². The fourth-order valence-electron chi connectivity index (χ4n) is 3.23. The van der Waals surface area contributed by atoms with E-state index in [4.69, 9.17) is 4.74 Å². The van der Waals surface area contributed by atoms with Gasteiger partial charge in [0.2, 0.25) is 0 Å². The summed E-state index contributed by atoms with van der Waals surface area (Å²) in [6.45, 7) is 5.81. The minimum atomic E-state index is -1.26. The Bertz CT molecular complexity index is 512. The largest absolute Gasteiger partial charge is 0.466 e. The third kappa shape index (κ3) is 2.44. The lowest BCUT2D eigenvalue weighted by atomic mass is 9.76. The second kappa shape index (κ2) is 5.52. The van der Waals surface area contributed by atoms with Crippen molar-refractivity contribution in [2.24, 2.45) is 11.8 Å². The number of halogens is 1.